The number of carbonyl (C=O) groups is 1. The smallest absolute Gasteiger partial charge is 0.239 e. The zero-order valence-corrected chi connectivity index (χ0v) is 11.1. The third-order valence-corrected chi connectivity index (χ3v) is 3.33. The van der Waals surface area contributed by atoms with Crippen molar-refractivity contribution in [2.45, 2.75) is 59.0 Å². The van der Waals surface area contributed by atoms with Crippen LogP contribution in [0.25, 0.3) is 0 Å². The van der Waals surface area contributed by atoms with Crippen LogP contribution in [0.15, 0.2) is 0 Å². The maximum Gasteiger partial charge on any atom is 0.239 e. The Balaban J connectivity index is 2.58. The second kappa shape index (κ2) is 6.24. The van der Waals surface area contributed by atoms with Crippen LogP contribution in [0.3, 0.4) is 0 Å². The molecule has 3 heteroatoms. The molecule has 3 nitrogen and oxygen atoms in total. The van der Waals surface area contributed by atoms with Crippen molar-refractivity contribution >= 4 is 5.91 Å². The maximum atomic E-state index is 12.3. The van der Waals surface area contributed by atoms with E-state index in [1.165, 1.54) is 6.42 Å². The average molecular weight is 226 g/mol. The molecule has 0 aromatic carbocycles. The van der Waals surface area contributed by atoms with Crippen molar-refractivity contribution in [3.63, 3.8) is 0 Å². The SMILES string of the molecule is CCCN(C(=O)C1CC(C)CCN1)C(C)C. The Bertz CT molecular complexity index is 228. The zero-order chi connectivity index (χ0) is 12.1. The minimum Gasteiger partial charge on any atom is -0.339 e. The highest BCUT2D eigenvalue weighted by molar-refractivity contribution is 5.82. The topological polar surface area (TPSA) is 32.3 Å². The van der Waals surface area contributed by atoms with Gasteiger partial charge in [0.1, 0.15) is 0 Å². The number of rotatable bonds is 4. The normalized spacial score (nSPS) is 25.8. The zero-order valence-electron chi connectivity index (χ0n) is 11.1. The van der Waals surface area contributed by atoms with Crippen LogP contribution >= 0.6 is 0 Å². The molecule has 0 radical (unpaired) electrons. The van der Waals surface area contributed by atoms with E-state index < -0.39 is 0 Å². The molecule has 1 aliphatic rings. The Kier molecular flexibility index (Phi) is 5.26. The van der Waals surface area contributed by atoms with E-state index in [1.54, 1.807) is 0 Å². The molecular weight excluding hydrogens is 200 g/mol. The predicted octanol–water partition coefficient (Wildman–Crippen LogP) is 2.02. The molecule has 1 amide bonds. The molecule has 1 heterocycles. The van der Waals surface area contributed by atoms with Gasteiger partial charge in [0.25, 0.3) is 0 Å². The number of hydrogen-bond acceptors (Lipinski definition) is 2. The minimum absolute atomic E-state index is 0.0534. The molecule has 1 aliphatic heterocycles. The quantitative estimate of drug-likeness (QED) is 0.795. The van der Waals surface area contributed by atoms with Crippen LogP contribution < -0.4 is 5.32 Å². The first-order valence-electron chi connectivity index (χ1n) is 6.60. The molecule has 0 spiro atoms. The standard InChI is InChI=1S/C13H26N2O/c1-5-8-15(10(2)3)13(16)12-9-11(4)6-7-14-12/h10-12,14H,5-9H2,1-4H3. The van der Waals surface area contributed by atoms with Crippen molar-refractivity contribution in [3.05, 3.63) is 0 Å². The lowest BCUT2D eigenvalue weighted by Gasteiger charge is -2.34. The summed E-state index contributed by atoms with van der Waals surface area (Å²) in [7, 11) is 0. The van der Waals surface area contributed by atoms with Gasteiger partial charge in [-0.3, -0.25) is 4.79 Å². The van der Waals surface area contributed by atoms with E-state index >= 15 is 0 Å². The number of nitrogens with one attached hydrogen (secondary N) is 1. The molecule has 0 saturated carbocycles. The van der Waals surface area contributed by atoms with Crippen LogP contribution in [0.1, 0.15) is 47.0 Å². The first-order chi connectivity index (χ1) is 7.56. The van der Waals surface area contributed by atoms with Gasteiger partial charge in [0, 0.05) is 12.6 Å². The third-order valence-electron chi connectivity index (χ3n) is 3.33. The summed E-state index contributed by atoms with van der Waals surface area (Å²) >= 11 is 0. The van der Waals surface area contributed by atoms with Crippen molar-refractivity contribution in [2.24, 2.45) is 5.92 Å². The van der Waals surface area contributed by atoms with E-state index in [-0.39, 0.29) is 6.04 Å². The van der Waals surface area contributed by atoms with Gasteiger partial charge in [-0.05, 0) is 45.6 Å². The second-order valence-corrected chi connectivity index (χ2v) is 5.26. The highest BCUT2D eigenvalue weighted by atomic mass is 16.2. The van der Waals surface area contributed by atoms with Crippen LogP contribution in [-0.4, -0.2) is 36.0 Å². The van der Waals surface area contributed by atoms with Crippen molar-refractivity contribution in [1.82, 2.24) is 10.2 Å². The highest BCUT2D eigenvalue weighted by Gasteiger charge is 2.28. The molecule has 1 saturated heterocycles. The third kappa shape index (κ3) is 3.48. The van der Waals surface area contributed by atoms with E-state index in [1.807, 2.05) is 4.90 Å². The van der Waals surface area contributed by atoms with Crippen molar-refractivity contribution in [1.29, 1.82) is 0 Å². The van der Waals surface area contributed by atoms with Gasteiger partial charge in [-0.25, -0.2) is 0 Å². The minimum atomic E-state index is 0.0534. The predicted molar refractivity (Wildman–Crippen MR) is 67.3 cm³/mol. The van der Waals surface area contributed by atoms with Crippen LogP contribution in [-0.2, 0) is 4.79 Å². The van der Waals surface area contributed by atoms with Crippen molar-refractivity contribution < 1.29 is 4.79 Å². The summed E-state index contributed by atoms with van der Waals surface area (Å²) in [6, 6.07) is 0.365. The molecule has 0 aliphatic carbocycles. The molecule has 0 bridgehead atoms. The van der Waals surface area contributed by atoms with Crippen molar-refractivity contribution in [2.75, 3.05) is 13.1 Å². The van der Waals surface area contributed by atoms with Crippen LogP contribution in [0.5, 0.6) is 0 Å². The lowest BCUT2D eigenvalue weighted by Crippen LogP contribution is -2.52. The second-order valence-electron chi connectivity index (χ2n) is 5.26. The lowest BCUT2D eigenvalue weighted by atomic mass is 9.93. The number of amides is 1. The van der Waals surface area contributed by atoms with E-state index in [0.29, 0.717) is 17.9 Å². The first-order valence-corrected chi connectivity index (χ1v) is 6.60. The summed E-state index contributed by atoms with van der Waals surface area (Å²) < 4.78 is 0. The van der Waals surface area contributed by atoms with Gasteiger partial charge in [0.2, 0.25) is 5.91 Å². The van der Waals surface area contributed by atoms with Crippen LogP contribution in [0.2, 0.25) is 0 Å². The molecule has 0 aromatic heterocycles. The van der Waals surface area contributed by atoms with Crippen LogP contribution in [0, 0.1) is 5.92 Å². The summed E-state index contributed by atoms with van der Waals surface area (Å²) in [5.74, 6) is 0.967. The molecule has 1 rings (SSSR count). The lowest BCUT2D eigenvalue weighted by molar-refractivity contribution is -0.136. The number of piperidine rings is 1. The first kappa shape index (κ1) is 13.5. The average Bonchev–Trinajstić information content (AvgIpc) is 2.24. The molecule has 1 N–H and O–H groups in total. The Hall–Kier alpha value is -0.570. The molecule has 16 heavy (non-hydrogen) atoms. The number of carbonyl (C=O) groups excluding carboxylic acids is 1. The van der Waals surface area contributed by atoms with Crippen LogP contribution in [0.4, 0.5) is 0 Å². The summed E-state index contributed by atoms with van der Waals surface area (Å²) in [4.78, 5) is 14.3. The fourth-order valence-corrected chi connectivity index (χ4v) is 2.36. The molecule has 2 atom stereocenters. The Morgan fingerprint density at radius 1 is 1.50 bits per heavy atom. The summed E-state index contributed by atoms with van der Waals surface area (Å²) in [5, 5.41) is 3.35. The summed E-state index contributed by atoms with van der Waals surface area (Å²) in [6.07, 6.45) is 3.22. The Morgan fingerprint density at radius 3 is 2.69 bits per heavy atom. The fraction of sp³-hybridized carbons (Fsp3) is 0.923. The Morgan fingerprint density at radius 2 is 2.19 bits per heavy atom. The van der Waals surface area contributed by atoms with E-state index in [4.69, 9.17) is 0 Å². The van der Waals surface area contributed by atoms with Gasteiger partial charge in [0.15, 0.2) is 0 Å². The largest absolute Gasteiger partial charge is 0.339 e. The maximum absolute atomic E-state index is 12.3. The fourth-order valence-electron chi connectivity index (χ4n) is 2.36. The number of nitrogens with zero attached hydrogens (tertiary/aromatic N) is 1. The van der Waals surface area contributed by atoms with Crippen molar-refractivity contribution in [3.8, 4) is 0 Å². The monoisotopic (exact) mass is 226 g/mol. The van der Waals surface area contributed by atoms with Gasteiger partial charge in [0.05, 0.1) is 6.04 Å². The van der Waals surface area contributed by atoms with Gasteiger partial charge in [-0.2, -0.15) is 0 Å². The highest BCUT2D eigenvalue weighted by Crippen LogP contribution is 2.17. The van der Waals surface area contributed by atoms with E-state index in [2.05, 4.69) is 33.0 Å². The Labute approximate surface area is 99.6 Å². The number of hydrogen-bond donors (Lipinski definition) is 1. The summed E-state index contributed by atoms with van der Waals surface area (Å²) in [6.45, 7) is 10.4. The van der Waals surface area contributed by atoms with E-state index in [9.17, 15) is 4.79 Å². The molecular formula is C13H26N2O. The van der Waals surface area contributed by atoms with Gasteiger partial charge >= 0.3 is 0 Å². The molecule has 2 unspecified atom stereocenters. The van der Waals surface area contributed by atoms with E-state index in [0.717, 1.165) is 25.9 Å². The molecule has 0 aromatic rings. The molecule has 1 fully saturated rings. The van der Waals surface area contributed by atoms with Gasteiger partial charge in [-0.1, -0.05) is 13.8 Å². The van der Waals surface area contributed by atoms with Gasteiger partial charge < -0.3 is 10.2 Å². The summed E-state index contributed by atoms with van der Waals surface area (Å²) in [5.41, 5.74) is 0. The molecule has 94 valence electrons. The van der Waals surface area contributed by atoms with Gasteiger partial charge in [-0.15, -0.1) is 0 Å².